The molecule has 3 rings (SSSR count). The van der Waals surface area contributed by atoms with E-state index in [1.54, 1.807) is 19.5 Å². The highest BCUT2D eigenvalue weighted by Crippen LogP contribution is 2.21. The fourth-order valence-corrected chi connectivity index (χ4v) is 1.93. The Morgan fingerprint density at radius 3 is 2.95 bits per heavy atom. The van der Waals surface area contributed by atoms with Crippen LogP contribution in [0.4, 0.5) is 0 Å². The van der Waals surface area contributed by atoms with Gasteiger partial charge in [-0.1, -0.05) is 0 Å². The van der Waals surface area contributed by atoms with Crippen molar-refractivity contribution in [2.75, 3.05) is 20.3 Å². The fourth-order valence-electron chi connectivity index (χ4n) is 1.93. The van der Waals surface area contributed by atoms with Crippen molar-refractivity contribution in [1.82, 2.24) is 19.4 Å². The predicted octanol–water partition coefficient (Wildman–Crippen LogP) is 1.82. The lowest BCUT2D eigenvalue weighted by Crippen LogP contribution is -2.04. The third kappa shape index (κ3) is 2.46. The fraction of sp³-hybridized carbons (Fsp3) is 0.214. The molecular weight excluding hydrogens is 256 g/mol. The van der Waals surface area contributed by atoms with E-state index in [0.717, 1.165) is 22.8 Å². The number of nitrogens with zero attached hydrogens (tertiary/aromatic N) is 4. The number of imidazole rings is 1. The predicted molar refractivity (Wildman–Crippen MR) is 73.6 cm³/mol. The van der Waals surface area contributed by atoms with Gasteiger partial charge in [0.05, 0.1) is 24.2 Å². The Morgan fingerprint density at radius 2 is 2.15 bits per heavy atom. The molecule has 0 bridgehead atoms. The summed E-state index contributed by atoms with van der Waals surface area (Å²) < 4.78 is 12.5. The molecular formula is C14H14N4O2. The first-order chi connectivity index (χ1) is 9.88. The zero-order chi connectivity index (χ0) is 13.8. The van der Waals surface area contributed by atoms with E-state index in [2.05, 4.69) is 15.0 Å². The Balaban J connectivity index is 1.91. The topological polar surface area (TPSA) is 61.5 Å². The van der Waals surface area contributed by atoms with Gasteiger partial charge < -0.3 is 9.47 Å². The highest BCUT2D eigenvalue weighted by atomic mass is 16.5. The molecule has 0 aromatic carbocycles. The van der Waals surface area contributed by atoms with Crippen LogP contribution in [-0.2, 0) is 4.74 Å². The van der Waals surface area contributed by atoms with Crippen LogP contribution in [0.5, 0.6) is 5.75 Å². The number of aromatic nitrogens is 4. The van der Waals surface area contributed by atoms with E-state index in [4.69, 9.17) is 9.47 Å². The minimum absolute atomic E-state index is 0.520. The van der Waals surface area contributed by atoms with Crippen LogP contribution < -0.4 is 4.74 Å². The second kappa shape index (κ2) is 5.66. The molecule has 0 saturated carbocycles. The van der Waals surface area contributed by atoms with Gasteiger partial charge in [0.25, 0.3) is 0 Å². The van der Waals surface area contributed by atoms with E-state index in [0.29, 0.717) is 13.2 Å². The van der Waals surface area contributed by atoms with Crippen LogP contribution in [0.25, 0.3) is 17.0 Å². The summed E-state index contributed by atoms with van der Waals surface area (Å²) in [6.45, 7) is 1.08. The molecule has 3 aromatic rings. The molecule has 0 aliphatic rings. The van der Waals surface area contributed by atoms with Crippen molar-refractivity contribution in [2.45, 2.75) is 0 Å². The van der Waals surface area contributed by atoms with Crippen molar-refractivity contribution in [3.05, 3.63) is 43.1 Å². The molecule has 3 aromatic heterocycles. The number of fused-ring (bicyclic) bond motifs is 1. The van der Waals surface area contributed by atoms with Gasteiger partial charge in [-0.05, 0) is 12.1 Å². The maximum Gasteiger partial charge on any atom is 0.140 e. The summed E-state index contributed by atoms with van der Waals surface area (Å²) in [4.78, 5) is 12.5. The van der Waals surface area contributed by atoms with Crippen molar-refractivity contribution in [1.29, 1.82) is 0 Å². The standard InChI is InChI=1S/C14H14N4O2/c1-19-6-7-20-11-3-5-18-13(9-16-14(18)8-11)12-2-4-15-10-17-12/h2-5,8-10H,6-7H2,1H3. The summed E-state index contributed by atoms with van der Waals surface area (Å²) in [5, 5.41) is 0. The van der Waals surface area contributed by atoms with Gasteiger partial charge in [-0.2, -0.15) is 0 Å². The lowest BCUT2D eigenvalue weighted by atomic mass is 10.3. The molecule has 0 fully saturated rings. The normalized spacial score (nSPS) is 10.8. The molecule has 0 amide bonds. The lowest BCUT2D eigenvalue weighted by Gasteiger charge is -2.06. The molecule has 0 saturated heterocycles. The van der Waals surface area contributed by atoms with Crippen molar-refractivity contribution < 1.29 is 9.47 Å². The van der Waals surface area contributed by atoms with Gasteiger partial charge in [-0.15, -0.1) is 0 Å². The Morgan fingerprint density at radius 1 is 1.20 bits per heavy atom. The lowest BCUT2D eigenvalue weighted by molar-refractivity contribution is 0.146. The molecule has 0 atom stereocenters. The molecule has 6 heteroatoms. The number of rotatable bonds is 5. The summed E-state index contributed by atoms with van der Waals surface area (Å²) in [7, 11) is 1.65. The highest BCUT2D eigenvalue weighted by molar-refractivity contribution is 5.60. The third-order valence-corrected chi connectivity index (χ3v) is 2.89. The van der Waals surface area contributed by atoms with Crippen LogP contribution in [-0.4, -0.2) is 39.7 Å². The van der Waals surface area contributed by atoms with Gasteiger partial charge in [0.1, 0.15) is 24.3 Å². The first-order valence-corrected chi connectivity index (χ1v) is 6.24. The molecule has 102 valence electrons. The Labute approximate surface area is 116 Å². The van der Waals surface area contributed by atoms with Gasteiger partial charge >= 0.3 is 0 Å². The molecule has 0 aliphatic carbocycles. The van der Waals surface area contributed by atoms with E-state index < -0.39 is 0 Å². The summed E-state index contributed by atoms with van der Waals surface area (Å²) in [6.07, 6.45) is 6.94. The van der Waals surface area contributed by atoms with Crippen molar-refractivity contribution in [3.8, 4) is 17.1 Å². The van der Waals surface area contributed by atoms with Gasteiger partial charge in [-0.25, -0.2) is 15.0 Å². The zero-order valence-electron chi connectivity index (χ0n) is 11.1. The highest BCUT2D eigenvalue weighted by Gasteiger charge is 2.07. The van der Waals surface area contributed by atoms with Crippen LogP contribution in [0.2, 0.25) is 0 Å². The first-order valence-electron chi connectivity index (χ1n) is 6.24. The number of pyridine rings is 1. The smallest absolute Gasteiger partial charge is 0.140 e. The molecule has 0 spiro atoms. The third-order valence-electron chi connectivity index (χ3n) is 2.89. The Hall–Kier alpha value is -2.47. The average Bonchev–Trinajstić information content (AvgIpc) is 2.91. The summed E-state index contributed by atoms with van der Waals surface area (Å²) >= 11 is 0. The minimum atomic E-state index is 0.520. The van der Waals surface area contributed by atoms with Crippen molar-refractivity contribution in [2.24, 2.45) is 0 Å². The Kier molecular flexibility index (Phi) is 3.56. The first kappa shape index (κ1) is 12.6. The van der Waals surface area contributed by atoms with E-state index in [1.807, 2.05) is 28.8 Å². The average molecular weight is 270 g/mol. The SMILES string of the molecule is COCCOc1ccn2c(-c3ccncn3)cnc2c1. The largest absolute Gasteiger partial charge is 0.491 e. The van der Waals surface area contributed by atoms with E-state index in [9.17, 15) is 0 Å². The molecule has 0 N–H and O–H groups in total. The van der Waals surface area contributed by atoms with Gasteiger partial charge in [-0.3, -0.25) is 4.40 Å². The Bertz CT molecular complexity index is 697. The number of ether oxygens (including phenoxy) is 2. The van der Waals surface area contributed by atoms with E-state index in [-0.39, 0.29) is 0 Å². The molecule has 6 nitrogen and oxygen atoms in total. The van der Waals surface area contributed by atoms with Crippen molar-refractivity contribution in [3.63, 3.8) is 0 Å². The van der Waals surface area contributed by atoms with Crippen LogP contribution in [0.1, 0.15) is 0 Å². The van der Waals surface area contributed by atoms with Gasteiger partial charge in [0, 0.05) is 25.6 Å². The summed E-state index contributed by atoms with van der Waals surface area (Å²) in [6, 6.07) is 5.64. The second-order valence-corrected chi connectivity index (χ2v) is 4.17. The zero-order valence-corrected chi connectivity index (χ0v) is 11.1. The quantitative estimate of drug-likeness (QED) is 0.662. The molecule has 0 radical (unpaired) electrons. The second-order valence-electron chi connectivity index (χ2n) is 4.17. The monoisotopic (exact) mass is 270 g/mol. The van der Waals surface area contributed by atoms with Crippen LogP contribution in [0, 0.1) is 0 Å². The van der Waals surface area contributed by atoms with Gasteiger partial charge in [0.2, 0.25) is 0 Å². The van der Waals surface area contributed by atoms with Gasteiger partial charge in [0.15, 0.2) is 0 Å². The summed E-state index contributed by atoms with van der Waals surface area (Å²) in [5.74, 6) is 0.773. The molecule has 20 heavy (non-hydrogen) atoms. The number of methoxy groups -OCH3 is 1. The maximum absolute atomic E-state index is 5.57. The minimum Gasteiger partial charge on any atom is -0.491 e. The molecule has 0 aliphatic heterocycles. The van der Waals surface area contributed by atoms with Crippen molar-refractivity contribution >= 4 is 5.65 Å². The van der Waals surface area contributed by atoms with E-state index in [1.165, 1.54) is 6.33 Å². The van der Waals surface area contributed by atoms with Crippen LogP contribution >= 0.6 is 0 Å². The maximum atomic E-state index is 5.57. The molecule has 3 heterocycles. The molecule has 0 unspecified atom stereocenters. The number of hydrogen-bond donors (Lipinski definition) is 0. The van der Waals surface area contributed by atoms with Crippen LogP contribution in [0.15, 0.2) is 43.1 Å². The summed E-state index contributed by atoms with van der Waals surface area (Å²) in [5.41, 5.74) is 2.57. The van der Waals surface area contributed by atoms with Crippen LogP contribution in [0.3, 0.4) is 0 Å². The number of hydrogen-bond acceptors (Lipinski definition) is 5. The van der Waals surface area contributed by atoms with E-state index >= 15 is 0 Å².